The molecule has 3 rings (SSSR count). The molecule has 1 aliphatic heterocycles. The summed E-state index contributed by atoms with van der Waals surface area (Å²) in [6.07, 6.45) is 10.2. The number of hydrogen-bond acceptors (Lipinski definition) is 3. The molecule has 0 aromatic rings. The Morgan fingerprint density at radius 2 is 1.62 bits per heavy atom. The van der Waals surface area contributed by atoms with Crippen LogP contribution >= 0.6 is 0 Å². The lowest BCUT2D eigenvalue weighted by Crippen LogP contribution is -2.47. The lowest BCUT2D eigenvalue weighted by atomic mass is 9.71. The highest BCUT2D eigenvalue weighted by Gasteiger charge is 2.47. The van der Waals surface area contributed by atoms with Crippen LogP contribution in [0.5, 0.6) is 0 Å². The Kier molecular flexibility index (Phi) is 5.64. The largest absolute Gasteiger partial charge is 0.347 e. The first-order valence-corrected chi connectivity index (χ1v) is 10.4. The number of hydrogen-bond donors (Lipinski definition) is 1. The van der Waals surface area contributed by atoms with Crippen molar-refractivity contribution in [3.8, 4) is 0 Å². The van der Waals surface area contributed by atoms with Gasteiger partial charge >= 0.3 is 0 Å². The van der Waals surface area contributed by atoms with Crippen molar-refractivity contribution in [1.29, 1.82) is 0 Å². The van der Waals surface area contributed by atoms with Crippen LogP contribution in [0.3, 0.4) is 0 Å². The van der Waals surface area contributed by atoms with Crippen molar-refractivity contribution in [2.24, 2.45) is 17.3 Å². The van der Waals surface area contributed by atoms with Gasteiger partial charge in [0.25, 0.3) is 0 Å². The standard InChI is InChI=1S/C21H39NO2/c1-15-6-8-18(9-7-15)22-16(2)19-14-23-21(24-19)12-10-17(11-13-21)20(3,4)5/h15-19,22H,6-14H2,1-5H3. The molecule has 0 radical (unpaired) electrons. The van der Waals surface area contributed by atoms with Crippen molar-refractivity contribution in [1.82, 2.24) is 5.32 Å². The zero-order valence-corrected chi connectivity index (χ0v) is 16.6. The predicted molar refractivity (Wildman–Crippen MR) is 99.0 cm³/mol. The molecule has 1 heterocycles. The molecule has 0 bridgehead atoms. The minimum Gasteiger partial charge on any atom is -0.347 e. The normalized spacial score (nSPS) is 42.4. The SMILES string of the molecule is CC1CCC(NC(C)C2COC3(CCC(C(C)(C)C)CC3)O2)CC1. The molecule has 3 fully saturated rings. The molecule has 1 saturated heterocycles. The average molecular weight is 338 g/mol. The minimum atomic E-state index is -0.274. The van der Waals surface area contributed by atoms with E-state index in [1.807, 2.05) is 0 Å². The molecule has 3 heteroatoms. The van der Waals surface area contributed by atoms with Gasteiger partial charge in [-0.2, -0.15) is 0 Å². The van der Waals surface area contributed by atoms with E-state index in [4.69, 9.17) is 9.47 Å². The highest BCUT2D eigenvalue weighted by molar-refractivity contribution is 4.91. The van der Waals surface area contributed by atoms with Crippen LogP contribution in [0.1, 0.15) is 86.0 Å². The Bertz CT molecular complexity index is 401. The molecule has 2 unspecified atom stereocenters. The van der Waals surface area contributed by atoms with Gasteiger partial charge in [-0.05, 0) is 62.7 Å². The zero-order valence-electron chi connectivity index (χ0n) is 16.6. The average Bonchev–Trinajstić information content (AvgIpc) is 2.93. The minimum absolute atomic E-state index is 0.218. The van der Waals surface area contributed by atoms with E-state index in [2.05, 4.69) is 39.9 Å². The second-order valence-corrected chi connectivity index (χ2v) is 9.93. The van der Waals surface area contributed by atoms with E-state index in [-0.39, 0.29) is 11.9 Å². The molecule has 24 heavy (non-hydrogen) atoms. The van der Waals surface area contributed by atoms with Crippen LogP contribution in [0.25, 0.3) is 0 Å². The summed E-state index contributed by atoms with van der Waals surface area (Å²) in [7, 11) is 0. The van der Waals surface area contributed by atoms with Gasteiger partial charge in [0.15, 0.2) is 5.79 Å². The first-order valence-electron chi connectivity index (χ1n) is 10.4. The summed E-state index contributed by atoms with van der Waals surface area (Å²) in [5.41, 5.74) is 0.409. The van der Waals surface area contributed by atoms with E-state index in [1.165, 1.54) is 38.5 Å². The molecule has 140 valence electrons. The van der Waals surface area contributed by atoms with Gasteiger partial charge in [-0.25, -0.2) is 0 Å². The van der Waals surface area contributed by atoms with Crippen LogP contribution in [0.4, 0.5) is 0 Å². The molecule has 0 aromatic carbocycles. The van der Waals surface area contributed by atoms with E-state index in [0.29, 0.717) is 17.5 Å². The topological polar surface area (TPSA) is 30.5 Å². The van der Waals surface area contributed by atoms with E-state index < -0.39 is 0 Å². The Labute approximate surface area is 149 Å². The smallest absolute Gasteiger partial charge is 0.169 e. The van der Waals surface area contributed by atoms with Crippen molar-refractivity contribution in [3.05, 3.63) is 0 Å². The fourth-order valence-electron chi connectivity index (χ4n) is 4.92. The highest BCUT2D eigenvalue weighted by atomic mass is 16.7. The molecule has 1 N–H and O–H groups in total. The number of ether oxygens (including phenoxy) is 2. The van der Waals surface area contributed by atoms with E-state index in [1.54, 1.807) is 0 Å². The summed E-state index contributed by atoms with van der Waals surface area (Å²) in [6, 6.07) is 1.07. The second-order valence-electron chi connectivity index (χ2n) is 9.93. The predicted octanol–water partition coefficient (Wildman–Crippen LogP) is 4.89. The van der Waals surface area contributed by atoms with Gasteiger partial charge in [-0.1, -0.05) is 27.7 Å². The van der Waals surface area contributed by atoms with Crippen LogP contribution in [-0.2, 0) is 9.47 Å². The van der Waals surface area contributed by atoms with Gasteiger partial charge < -0.3 is 14.8 Å². The summed E-state index contributed by atoms with van der Waals surface area (Å²) < 4.78 is 12.7. The molecule has 3 nitrogen and oxygen atoms in total. The van der Waals surface area contributed by atoms with Gasteiger partial charge in [0.05, 0.1) is 12.7 Å². The van der Waals surface area contributed by atoms with Crippen molar-refractivity contribution in [2.75, 3.05) is 6.61 Å². The highest BCUT2D eigenvalue weighted by Crippen LogP contribution is 2.45. The van der Waals surface area contributed by atoms with E-state index >= 15 is 0 Å². The molecular formula is C21H39NO2. The molecule has 2 atom stereocenters. The van der Waals surface area contributed by atoms with Crippen LogP contribution in [0, 0.1) is 17.3 Å². The maximum absolute atomic E-state index is 6.49. The van der Waals surface area contributed by atoms with Crippen molar-refractivity contribution in [3.63, 3.8) is 0 Å². The molecule has 3 aliphatic rings. The zero-order chi connectivity index (χ0) is 17.4. The number of rotatable bonds is 3. The van der Waals surface area contributed by atoms with Crippen LogP contribution in [-0.4, -0.2) is 30.6 Å². The lowest BCUT2D eigenvalue weighted by Gasteiger charge is -2.41. The molecule has 2 saturated carbocycles. The Balaban J connectivity index is 1.47. The Morgan fingerprint density at radius 1 is 1.00 bits per heavy atom. The summed E-state index contributed by atoms with van der Waals surface area (Å²) in [4.78, 5) is 0. The summed E-state index contributed by atoms with van der Waals surface area (Å²) in [5, 5.41) is 3.83. The molecular weight excluding hydrogens is 298 g/mol. The first-order chi connectivity index (χ1) is 11.3. The van der Waals surface area contributed by atoms with Crippen molar-refractivity contribution < 1.29 is 9.47 Å². The summed E-state index contributed by atoms with van der Waals surface area (Å²) >= 11 is 0. The van der Waals surface area contributed by atoms with Crippen LogP contribution < -0.4 is 5.32 Å². The third-order valence-corrected chi connectivity index (χ3v) is 6.92. The molecule has 2 aliphatic carbocycles. The van der Waals surface area contributed by atoms with Gasteiger partial charge in [0.1, 0.15) is 0 Å². The molecule has 0 amide bonds. The van der Waals surface area contributed by atoms with Crippen LogP contribution in [0.2, 0.25) is 0 Å². The van der Waals surface area contributed by atoms with E-state index in [9.17, 15) is 0 Å². The van der Waals surface area contributed by atoms with Crippen molar-refractivity contribution in [2.45, 2.75) is 110 Å². The van der Waals surface area contributed by atoms with Gasteiger partial charge in [0.2, 0.25) is 0 Å². The fourth-order valence-corrected chi connectivity index (χ4v) is 4.92. The quantitative estimate of drug-likeness (QED) is 0.795. The van der Waals surface area contributed by atoms with Crippen LogP contribution in [0.15, 0.2) is 0 Å². The fraction of sp³-hybridized carbons (Fsp3) is 1.00. The molecule has 0 aromatic heterocycles. The maximum atomic E-state index is 6.49. The second kappa shape index (κ2) is 7.25. The summed E-state index contributed by atoms with van der Waals surface area (Å²) in [5.74, 6) is 1.43. The van der Waals surface area contributed by atoms with E-state index in [0.717, 1.165) is 31.3 Å². The summed E-state index contributed by atoms with van der Waals surface area (Å²) in [6.45, 7) is 12.5. The van der Waals surface area contributed by atoms with Gasteiger partial charge in [-0.3, -0.25) is 0 Å². The number of nitrogens with one attached hydrogen (secondary N) is 1. The Morgan fingerprint density at radius 3 is 2.21 bits per heavy atom. The third-order valence-electron chi connectivity index (χ3n) is 6.92. The lowest BCUT2D eigenvalue weighted by molar-refractivity contribution is -0.198. The first kappa shape index (κ1) is 18.7. The van der Waals surface area contributed by atoms with Gasteiger partial charge in [0, 0.05) is 24.9 Å². The third kappa shape index (κ3) is 4.34. The van der Waals surface area contributed by atoms with Crippen molar-refractivity contribution >= 4 is 0 Å². The van der Waals surface area contributed by atoms with Gasteiger partial charge in [-0.15, -0.1) is 0 Å². The monoisotopic (exact) mass is 337 g/mol. The maximum Gasteiger partial charge on any atom is 0.169 e. The molecule has 1 spiro atoms. The Hall–Kier alpha value is -0.120.